The van der Waals surface area contributed by atoms with E-state index in [2.05, 4.69) is 0 Å². The molecule has 0 saturated heterocycles. The number of aliphatic carboxylic acids is 1. The number of carboxylic acids is 1. The van der Waals surface area contributed by atoms with E-state index >= 15 is 0 Å². The Morgan fingerprint density at radius 2 is 2.27 bits per heavy atom. The van der Waals surface area contributed by atoms with Crippen molar-refractivity contribution >= 4 is 29.3 Å². The molecule has 0 bridgehead atoms. The van der Waals surface area contributed by atoms with Gasteiger partial charge in [0.15, 0.2) is 0 Å². The number of carbonyl (C=O) groups is 1. The van der Waals surface area contributed by atoms with E-state index in [0.717, 1.165) is 6.07 Å². The highest BCUT2D eigenvalue weighted by molar-refractivity contribution is 6.32. The van der Waals surface area contributed by atoms with Crippen molar-refractivity contribution in [3.8, 4) is 0 Å². The molecule has 1 rings (SSSR count). The molecule has 0 aromatic heterocycles. The summed E-state index contributed by atoms with van der Waals surface area (Å²) in [5.41, 5.74) is 5.66. The van der Waals surface area contributed by atoms with Crippen molar-refractivity contribution in [2.45, 2.75) is 6.42 Å². The standard InChI is InChI=1S/C10H9ClFNO2/c11-7-5-9(13)8(12)4-6(7)2-1-3-10(14)15/h1-2,4-5H,3,13H2,(H,14,15). The maximum absolute atomic E-state index is 13.0. The Hall–Kier alpha value is -1.55. The van der Waals surface area contributed by atoms with Crippen molar-refractivity contribution in [2.24, 2.45) is 0 Å². The minimum atomic E-state index is -0.960. The minimum Gasteiger partial charge on any atom is -0.481 e. The van der Waals surface area contributed by atoms with Gasteiger partial charge in [-0.1, -0.05) is 23.8 Å². The molecule has 3 nitrogen and oxygen atoms in total. The van der Waals surface area contributed by atoms with Gasteiger partial charge in [-0.2, -0.15) is 0 Å². The lowest BCUT2D eigenvalue weighted by Gasteiger charge is -2.01. The number of carboxylic acid groups (broad SMARTS) is 1. The van der Waals surface area contributed by atoms with Crippen molar-refractivity contribution < 1.29 is 14.3 Å². The molecule has 0 unspecified atom stereocenters. The summed E-state index contributed by atoms with van der Waals surface area (Å²) in [6.45, 7) is 0. The normalized spacial score (nSPS) is 10.8. The van der Waals surface area contributed by atoms with Crippen LogP contribution in [0.1, 0.15) is 12.0 Å². The summed E-state index contributed by atoms with van der Waals surface area (Å²) in [5, 5.41) is 8.67. The van der Waals surface area contributed by atoms with Crippen LogP contribution in [0.3, 0.4) is 0 Å². The number of benzene rings is 1. The van der Waals surface area contributed by atoms with Gasteiger partial charge in [-0.15, -0.1) is 0 Å². The van der Waals surface area contributed by atoms with Crippen molar-refractivity contribution in [2.75, 3.05) is 5.73 Å². The third kappa shape index (κ3) is 3.25. The Kier molecular flexibility index (Phi) is 3.68. The van der Waals surface area contributed by atoms with Gasteiger partial charge in [-0.3, -0.25) is 4.79 Å². The second kappa shape index (κ2) is 4.79. The minimum absolute atomic E-state index is 0.0321. The van der Waals surface area contributed by atoms with Crippen LogP contribution in [0.5, 0.6) is 0 Å². The molecule has 0 atom stereocenters. The molecule has 3 N–H and O–H groups in total. The van der Waals surface area contributed by atoms with Crippen LogP contribution in [0.25, 0.3) is 6.08 Å². The van der Waals surface area contributed by atoms with E-state index in [1.807, 2.05) is 0 Å². The van der Waals surface area contributed by atoms with Gasteiger partial charge in [0.25, 0.3) is 0 Å². The Balaban J connectivity index is 2.90. The number of anilines is 1. The molecule has 0 spiro atoms. The summed E-state index contributed by atoms with van der Waals surface area (Å²) in [4.78, 5) is 10.2. The van der Waals surface area contributed by atoms with Gasteiger partial charge in [0.1, 0.15) is 5.82 Å². The van der Waals surface area contributed by atoms with Gasteiger partial charge in [0, 0.05) is 0 Å². The maximum atomic E-state index is 13.0. The molecular weight excluding hydrogens is 221 g/mol. The Labute approximate surface area is 91.0 Å². The van der Waals surface area contributed by atoms with Crippen LogP contribution in [0, 0.1) is 5.82 Å². The fourth-order valence-corrected chi connectivity index (χ4v) is 1.23. The van der Waals surface area contributed by atoms with Crippen molar-refractivity contribution in [3.05, 3.63) is 34.6 Å². The number of hydrogen-bond acceptors (Lipinski definition) is 2. The summed E-state index contributed by atoms with van der Waals surface area (Å²) < 4.78 is 13.0. The van der Waals surface area contributed by atoms with Gasteiger partial charge in [-0.25, -0.2) is 4.39 Å². The van der Waals surface area contributed by atoms with Gasteiger partial charge < -0.3 is 10.8 Å². The van der Waals surface area contributed by atoms with Crippen LogP contribution in [-0.4, -0.2) is 11.1 Å². The third-order valence-electron chi connectivity index (χ3n) is 1.71. The highest BCUT2D eigenvalue weighted by Gasteiger charge is 2.03. The zero-order valence-electron chi connectivity index (χ0n) is 7.71. The maximum Gasteiger partial charge on any atom is 0.307 e. The largest absolute Gasteiger partial charge is 0.481 e. The fraction of sp³-hybridized carbons (Fsp3) is 0.100. The van der Waals surface area contributed by atoms with E-state index < -0.39 is 11.8 Å². The summed E-state index contributed by atoms with van der Waals surface area (Å²) >= 11 is 5.77. The molecule has 0 radical (unpaired) electrons. The van der Waals surface area contributed by atoms with Gasteiger partial charge in [-0.05, 0) is 17.7 Å². The SMILES string of the molecule is Nc1cc(Cl)c(C=CCC(=O)O)cc1F. The first-order chi connectivity index (χ1) is 7.00. The third-order valence-corrected chi connectivity index (χ3v) is 2.03. The highest BCUT2D eigenvalue weighted by atomic mass is 35.5. The first-order valence-electron chi connectivity index (χ1n) is 4.13. The molecular formula is C10H9ClFNO2. The predicted molar refractivity (Wildman–Crippen MR) is 57.1 cm³/mol. The lowest BCUT2D eigenvalue weighted by molar-refractivity contribution is -0.135. The van der Waals surface area contributed by atoms with Crippen LogP contribution in [0.4, 0.5) is 10.1 Å². The van der Waals surface area contributed by atoms with Crippen molar-refractivity contribution in [1.82, 2.24) is 0 Å². The average molecular weight is 230 g/mol. The molecule has 1 aromatic rings. The first-order valence-corrected chi connectivity index (χ1v) is 4.51. The number of hydrogen-bond donors (Lipinski definition) is 2. The topological polar surface area (TPSA) is 63.3 Å². The van der Waals surface area contributed by atoms with E-state index in [9.17, 15) is 9.18 Å². The number of rotatable bonds is 3. The van der Waals surface area contributed by atoms with Crippen LogP contribution in [-0.2, 0) is 4.79 Å². The Morgan fingerprint density at radius 1 is 1.60 bits per heavy atom. The zero-order chi connectivity index (χ0) is 11.4. The zero-order valence-corrected chi connectivity index (χ0v) is 8.46. The number of nitrogen functional groups attached to an aromatic ring is 1. The molecule has 0 heterocycles. The van der Waals surface area contributed by atoms with Gasteiger partial charge in [0.2, 0.25) is 0 Å². The van der Waals surface area contributed by atoms with Crippen LogP contribution < -0.4 is 5.73 Å². The molecule has 1 aromatic carbocycles. The van der Waals surface area contributed by atoms with E-state index in [4.69, 9.17) is 22.4 Å². The highest BCUT2D eigenvalue weighted by Crippen LogP contribution is 2.23. The number of nitrogens with two attached hydrogens (primary N) is 1. The fourth-order valence-electron chi connectivity index (χ4n) is 0.992. The van der Waals surface area contributed by atoms with Gasteiger partial charge >= 0.3 is 5.97 Å². The van der Waals surface area contributed by atoms with Crippen LogP contribution >= 0.6 is 11.6 Å². The molecule has 0 fully saturated rings. The monoisotopic (exact) mass is 229 g/mol. The smallest absolute Gasteiger partial charge is 0.307 e. The molecule has 80 valence electrons. The quantitative estimate of drug-likeness (QED) is 0.783. The summed E-state index contributed by atoms with van der Waals surface area (Å²) in [5.74, 6) is -1.53. The molecule has 5 heteroatoms. The van der Waals surface area contributed by atoms with E-state index in [0.29, 0.717) is 5.56 Å². The number of halogens is 2. The van der Waals surface area contributed by atoms with Gasteiger partial charge in [0.05, 0.1) is 17.1 Å². The Morgan fingerprint density at radius 3 is 2.87 bits per heavy atom. The van der Waals surface area contributed by atoms with Crippen LogP contribution in [0.15, 0.2) is 18.2 Å². The predicted octanol–water partition coefficient (Wildman–Crippen LogP) is 2.55. The van der Waals surface area contributed by atoms with Crippen molar-refractivity contribution in [3.63, 3.8) is 0 Å². The molecule has 0 saturated carbocycles. The summed E-state index contributed by atoms with van der Waals surface area (Å²) in [6, 6.07) is 2.45. The average Bonchev–Trinajstić information content (AvgIpc) is 2.13. The summed E-state index contributed by atoms with van der Waals surface area (Å²) in [7, 11) is 0. The Bertz CT molecular complexity index is 418. The lowest BCUT2D eigenvalue weighted by Crippen LogP contribution is -1.92. The lowest BCUT2D eigenvalue weighted by atomic mass is 10.1. The molecule has 0 aliphatic carbocycles. The second-order valence-electron chi connectivity index (χ2n) is 2.90. The molecule has 15 heavy (non-hydrogen) atoms. The second-order valence-corrected chi connectivity index (χ2v) is 3.30. The van der Waals surface area contributed by atoms with E-state index in [-0.39, 0.29) is 17.1 Å². The molecule has 0 amide bonds. The molecule has 0 aliphatic rings. The van der Waals surface area contributed by atoms with E-state index in [1.165, 1.54) is 18.2 Å². The molecule has 0 aliphatic heterocycles. The van der Waals surface area contributed by atoms with E-state index in [1.54, 1.807) is 0 Å². The van der Waals surface area contributed by atoms with Crippen molar-refractivity contribution in [1.29, 1.82) is 0 Å². The first kappa shape index (κ1) is 11.5. The summed E-state index contributed by atoms with van der Waals surface area (Å²) in [6.07, 6.45) is 2.69. The van der Waals surface area contributed by atoms with Crippen LogP contribution in [0.2, 0.25) is 5.02 Å².